The van der Waals surface area contributed by atoms with E-state index in [4.69, 9.17) is 0 Å². The first-order valence-corrected chi connectivity index (χ1v) is 9.61. The van der Waals surface area contributed by atoms with E-state index in [9.17, 15) is 8.42 Å². The molecule has 1 atom stereocenters. The summed E-state index contributed by atoms with van der Waals surface area (Å²) in [7, 11) is -1.61. The Hall–Kier alpha value is 0.0500. The molecule has 1 aromatic rings. The van der Waals surface area contributed by atoms with Crippen molar-refractivity contribution >= 4 is 41.9 Å². The van der Waals surface area contributed by atoms with Crippen LogP contribution in [0.1, 0.15) is 19.3 Å². The van der Waals surface area contributed by atoms with Crippen LogP contribution >= 0.6 is 31.9 Å². The van der Waals surface area contributed by atoms with E-state index in [2.05, 4.69) is 37.2 Å². The fraction of sp³-hybridized carbons (Fsp3) is 0.538. The third kappa shape index (κ3) is 3.44. The Bertz CT molecular complexity index is 576. The maximum Gasteiger partial charge on any atom is 0.244 e. The van der Waals surface area contributed by atoms with Crippen LogP contribution in [0.4, 0.5) is 0 Å². The van der Waals surface area contributed by atoms with Crippen LogP contribution < -0.4 is 5.32 Å². The van der Waals surface area contributed by atoms with Crippen molar-refractivity contribution in [2.75, 3.05) is 20.1 Å². The summed E-state index contributed by atoms with van der Waals surface area (Å²) < 4.78 is 28.8. The predicted molar refractivity (Wildman–Crippen MR) is 87.3 cm³/mol. The molecule has 1 aromatic carbocycles. The zero-order valence-electron chi connectivity index (χ0n) is 11.3. The number of nitrogens with one attached hydrogen (secondary N) is 1. The number of halogens is 2. The number of nitrogens with zero attached hydrogens (tertiary/aromatic N) is 1. The van der Waals surface area contributed by atoms with Crippen LogP contribution in [0.2, 0.25) is 0 Å². The normalized spacial score (nSPS) is 21.1. The largest absolute Gasteiger partial charge is 0.318 e. The molecule has 112 valence electrons. The van der Waals surface area contributed by atoms with E-state index in [0.717, 1.165) is 23.7 Å². The van der Waals surface area contributed by atoms with Gasteiger partial charge in [0.2, 0.25) is 10.0 Å². The quantitative estimate of drug-likeness (QED) is 0.806. The molecule has 1 N–H and O–H groups in total. The second-order valence-electron chi connectivity index (χ2n) is 4.90. The minimum Gasteiger partial charge on any atom is -0.318 e. The number of piperidine rings is 1. The zero-order chi connectivity index (χ0) is 14.8. The van der Waals surface area contributed by atoms with E-state index in [1.165, 1.54) is 0 Å². The summed E-state index contributed by atoms with van der Waals surface area (Å²) in [6.07, 6.45) is 2.91. The van der Waals surface area contributed by atoms with Gasteiger partial charge in [-0.25, -0.2) is 8.42 Å². The molecule has 1 aliphatic rings. The highest BCUT2D eigenvalue weighted by atomic mass is 79.9. The molecular formula is C13H18Br2N2O2S. The summed E-state index contributed by atoms with van der Waals surface area (Å²) in [5.41, 5.74) is 0. The monoisotopic (exact) mass is 424 g/mol. The predicted octanol–water partition coefficient (Wildman–Crippen LogP) is 2.97. The first-order valence-electron chi connectivity index (χ1n) is 6.58. The van der Waals surface area contributed by atoms with Gasteiger partial charge in [0.15, 0.2) is 0 Å². The maximum absolute atomic E-state index is 12.9. The van der Waals surface area contributed by atoms with Crippen LogP contribution in [0.15, 0.2) is 32.0 Å². The smallest absolute Gasteiger partial charge is 0.244 e. The summed E-state index contributed by atoms with van der Waals surface area (Å²) in [5, 5.41) is 3.09. The molecule has 20 heavy (non-hydrogen) atoms. The number of sulfonamides is 1. The van der Waals surface area contributed by atoms with Gasteiger partial charge in [-0.05, 0) is 54.0 Å². The van der Waals surface area contributed by atoms with E-state index in [1.54, 1.807) is 16.4 Å². The Morgan fingerprint density at radius 3 is 2.80 bits per heavy atom. The SMILES string of the molecule is CNCC1CCCCN1S(=O)(=O)c1cc(Br)ccc1Br. The number of hydrogen-bond acceptors (Lipinski definition) is 3. The van der Waals surface area contributed by atoms with Gasteiger partial charge in [0.1, 0.15) is 0 Å². The molecule has 1 aliphatic heterocycles. The van der Waals surface area contributed by atoms with Gasteiger partial charge in [-0.3, -0.25) is 0 Å². The van der Waals surface area contributed by atoms with Crippen LogP contribution in [-0.4, -0.2) is 38.9 Å². The highest BCUT2D eigenvalue weighted by molar-refractivity contribution is 9.11. The van der Waals surface area contributed by atoms with Gasteiger partial charge in [-0.15, -0.1) is 0 Å². The molecule has 4 nitrogen and oxygen atoms in total. The molecule has 1 saturated heterocycles. The van der Waals surface area contributed by atoms with E-state index in [1.807, 2.05) is 13.1 Å². The Kier molecular flexibility index (Phi) is 5.64. The van der Waals surface area contributed by atoms with Crippen LogP contribution in [0, 0.1) is 0 Å². The molecule has 0 spiro atoms. The Labute approximate surface area is 137 Å². The molecule has 0 aliphatic carbocycles. The first-order chi connectivity index (χ1) is 9.46. The van der Waals surface area contributed by atoms with E-state index in [-0.39, 0.29) is 6.04 Å². The van der Waals surface area contributed by atoms with Crippen LogP contribution in [0.25, 0.3) is 0 Å². The maximum atomic E-state index is 12.9. The van der Waals surface area contributed by atoms with Gasteiger partial charge in [0, 0.05) is 28.1 Å². The van der Waals surface area contributed by atoms with Crippen molar-refractivity contribution in [1.29, 1.82) is 0 Å². The third-order valence-electron chi connectivity index (χ3n) is 3.49. The number of likely N-dealkylation sites (N-methyl/N-ethyl adjacent to an activating group) is 1. The molecule has 0 aromatic heterocycles. The van der Waals surface area contributed by atoms with Crippen molar-refractivity contribution < 1.29 is 8.42 Å². The minimum atomic E-state index is -3.47. The number of hydrogen-bond donors (Lipinski definition) is 1. The molecule has 1 fully saturated rings. The summed E-state index contributed by atoms with van der Waals surface area (Å²) in [4.78, 5) is 0.329. The van der Waals surface area contributed by atoms with E-state index in [0.29, 0.717) is 22.5 Å². The third-order valence-corrected chi connectivity index (χ3v) is 6.93. The molecule has 2 rings (SSSR count). The molecule has 0 radical (unpaired) electrons. The van der Waals surface area contributed by atoms with Gasteiger partial charge in [-0.1, -0.05) is 22.4 Å². The number of rotatable bonds is 4. The molecule has 0 amide bonds. The molecular weight excluding hydrogens is 408 g/mol. The lowest BCUT2D eigenvalue weighted by molar-refractivity contribution is 0.249. The summed E-state index contributed by atoms with van der Waals surface area (Å²) in [6, 6.07) is 5.27. The van der Waals surface area contributed by atoms with Crippen molar-refractivity contribution in [3.63, 3.8) is 0 Å². The van der Waals surface area contributed by atoms with Crippen molar-refractivity contribution in [3.8, 4) is 0 Å². The van der Waals surface area contributed by atoms with Gasteiger partial charge >= 0.3 is 0 Å². The van der Waals surface area contributed by atoms with Crippen molar-refractivity contribution in [2.45, 2.75) is 30.2 Å². The Morgan fingerprint density at radius 1 is 1.35 bits per heavy atom. The molecule has 1 unspecified atom stereocenters. The summed E-state index contributed by atoms with van der Waals surface area (Å²) in [6.45, 7) is 1.28. The van der Waals surface area contributed by atoms with Gasteiger partial charge in [0.05, 0.1) is 4.90 Å². The van der Waals surface area contributed by atoms with Crippen LogP contribution in [0.5, 0.6) is 0 Å². The average Bonchev–Trinajstić information content (AvgIpc) is 2.42. The molecule has 0 saturated carbocycles. The minimum absolute atomic E-state index is 0.0321. The summed E-state index contributed by atoms with van der Waals surface area (Å²) >= 11 is 6.69. The standard InChI is InChI=1S/C13H18Br2N2O2S/c1-16-9-11-4-2-3-7-17(11)20(18,19)13-8-10(14)5-6-12(13)15/h5-6,8,11,16H,2-4,7,9H2,1H3. The Balaban J connectivity index is 2.39. The second-order valence-corrected chi connectivity index (χ2v) is 8.53. The fourth-order valence-corrected chi connectivity index (χ4v) is 5.69. The zero-order valence-corrected chi connectivity index (χ0v) is 15.3. The number of benzene rings is 1. The molecule has 0 bridgehead atoms. The highest BCUT2D eigenvalue weighted by Crippen LogP contribution is 2.31. The van der Waals surface area contributed by atoms with Crippen molar-refractivity contribution in [1.82, 2.24) is 9.62 Å². The van der Waals surface area contributed by atoms with Gasteiger partial charge in [-0.2, -0.15) is 4.31 Å². The summed E-state index contributed by atoms with van der Waals surface area (Å²) in [5.74, 6) is 0. The lowest BCUT2D eigenvalue weighted by Crippen LogP contribution is -2.47. The van der Waals surface area contributed by atoms with Crippen molar-refractivity contribution in [3.05, 3.63) is 27.1 Å². The molecule has 7 heteroatoms. The lowest BCUT2D eigenvalue weighted by atomic mass is 10.1. The second kappa shape index (κ2) is 6.87. The van der Waals surface area contributed by atoms with Crippen LogP contribution in [0.3, 0.4) is 0 Å². The Morgan fingerprint density at radius 2 is 2.10 bits per heavy atom. The first kappa shape index (κ1) is 16.4. The van der Waals surface area contributed by atoms with Crippen LogP contribution in [-0.2, 0) is 10.0 Å². The van der Waals surface area contributed by atoms with Gasteiger partial charge in [0.25, 0.3) is 0 Å². The molecule has 1 heterocycles. The lowest BCUT2D eigenvalue weighted by Gasteiger charge is -2.34. The average molecular weight is 426 g/mol. The van der Waals surface area contributed by atoms with Crippen molar-refractivity contribution in [2.24, 2.45) is 0 Å². The topological polar surface area (TPSA) is 49.4 Å². The van der Waals surface area contributed by atoms with E-state index < -0.39 is 10.0 Å². The van der Waals surface area contributed by atoms with E-state index >= 15 is 0 Å². The van der Waals surface area contributed by atoms with Gasteiger partial charge < -0.3 is 5.32 Å². The fourth-order valence-electron chi connectivity index (χ4n) is 2.53. The highest BCUT2D eigenvalue weighted by Gasteiger charge is 2.34.